The number of nitrogen functional groups attached to an aromatic ring is 1. The van der Waals surface area contributed by atoms with Crippen LogP contribution in [0.2, 0.25) is 0 Å². The first-order chi connectivity index (χ1) is 5.71. The summed E-state index contributed by atoms with van der Waals surface area (Å²) in [6.45, 7) is 2.20. The van der Waals surface area contributed by atoms with E-state index in [4.69, 9.17) is 10.2 Å². The summed E-state index contributed by atoms with van der Waals surface area (Å²) < 4.78 is 5.32. The van der Waals surface area contributed by atoms with E-state index >= 15 is 0 Å². The smallest absolute Gasteiger partial charge is 0.292 e. The van der Waals surface area contributed by atoms with Crippen LogP contribution in [0.25, 0.3) is 0 Å². The van der Waals surface area contributed by atoms with Crippen LogP contribution >= 0.6 is 11.8 Å². The summed E-state index contributed by atoms with van der Waals surface area (Å²) in [6, 6.07) is 0.281. The fourth-order valence-electron chi connectivity index (χ4n) is 1.43. The van der Waals surface area contributed by atoms with Crippen molar-refractivity contribution in [3.63, 3.8) is 0 Å². The van der Waals surface area contributed by atoms with Crippen LogP contribution < -0.4 is 5.73 Å². The molecule has 2 rings (SSSR count). The number of thioether (sulfide) groups is 1. The highest BCUT2D eigenvalue weighted by atomic mass is 32.2. The van der Waals surface area contributed by atoms with E-state index in [9.17, 15) is 0 Å². The van der Waals surface area contributed by atoms with Gasteiger partial charge in [-0.15, -0.1) is 0 Å². The van der Waals surface area contributed by atoms with Gasteiger partial charge in [-0.3, -0.25) is 0 Å². The van der Waals surface area contributed by atoms with Crippen molar-refractivity contribution in [1.82, 2.24) is 4.98 Å². The highest BCUT2D eigenvalue weighted by Crippen LogP contribution is 2.38. The van der Waals surface area contributed by atoms with Gasteiger partial charge in [0.05, 0.1) is 6.20 Å². The molecule has 1 aromatic rings. The lowest BCUT2D eigenvalue weighted by molar-refractivity contribution is 0.399. The van der Waals surface area contributed by atoms with Gasteiger partial charge in [-0.05, 0) is 12.2 Å². The van der Waals surface area contributed by atoms with E-state index in [1.165, 1.54) is 5.75 Å². The summed E-state index contributed by atoms with van der Waals surface area (Å²) in [4.78, 5) is 3.91. The lowest BCUT2D eigenvalue weighted by atomic mass is 9.88. The van der Waals surface area contributed by atoms with Crippen LogP contribution in [0.5, 0.6) is 0 Å². The van der Waals surface area contributed by atoms with Gasteiger partial charge in [0.2, 0.25) is 0 Å². The Morgan fingerprint density at radius 2 is 2.58 bits per heavy atom. The Balaban J connectivity index is 2.28. The van der Waals surface area contributed by atoms with Gasteiger partial charge < -0.3 is 10.2 Å². The fraction of sp³-hybridized carbons (Fsp3) is 0.625. The van der Waals surface area contributed by atoms with Gasteiger partial charge in [0.1, 0.15) is 5.76 Å². The molecule has 12 heavy (non-hydrogen) atoms. The molecule has 1 aliphatic rings. The number of oxazole rings is 1. The topological polar surface area (TPSA) is 52.0 Å². The third-order valence-corrected chi connectivity index (χ3v) is 3.67. The van der Waals surface area contributed by atoms with Crippen molar-refractivity contribution in [2.24, 2.45) is 0 Å². The van der Waals surface area contributed by atoms with Gasteiger partial charge in [-0.2, -0.15) is 11.8 Å². The molecule has 4 heteroatoms. The predicted octanol–water partition coefficient (Wildman–Crippen LogP) is 1.65. The molecule has 2 heterocycles. The lowest BCUT2D eigenvalue weighted by Crippen LogP contribution is -2.19. The molecule has 1 aliphatic heterocycles. The van der Waals surface area contributed by atoms with E-state index in [-0.39, 0.29) is 11.4 Å². The highest BCUT2D eigenvalue weighted by Gasteiger charge is 2.34. The van der Waals surface area contributed by atoms with E-state index in [0.717, 1.165) is 17.9 Å². The summed E-state index contributed by atoms with van der Waals surface area (Å²) >= 11 is 1.96. The number of hydrogen-bond acceptors (Lipinski definition) is 4. The molecule has 66 valence electrons. The first-order valence-electron chi connectivity index (χ1n) is 4.00. The second-order valence-corrected chi connectivity index (χ2v) is 4.53. The summed E-state index contributed by atoms with van der Waals surface area (Å²) in [5.41, 5.74) is 5.58. The van der Waals surface area contributed by atoms with Gasteiger partial charge in [0.25, 0.3) is 6.01 Å². The normalized spacial score (nSPS) is 29.4. The maximum absolute atomic E-state index is 5.42. The molecule has 1 unspecified atom stereocenters. The average molecular weight is 184 g/mol. The third kappa shape index (κ3) is 1.20. The Morgan fingerprint density at radius 3 is 3.08 bits per heavy atom. The summed E-state index contributed by atoms with van der Waals surface area (Å²) in [5, 5.41) is 0. The zero-order valence-electron chi connectivity index (χ0n) is 7.04. The molecular weight excluding hydrogens is 172 g/mol. The number of nitrogens with zero attached hydrogens (tertiary/aromatic N) is 1. The van der Waals surface area contributed by atoms with Crippen molar-refractivity contribution in [2.45, 2.75) is 18.8 Å². The summed E-state index contributed by atoms with van der Waals surface area (Å²) in [6.07, 6.45) is 2.91. The molecular formula is C8H12N2OS. The molecule has 0 aliphatic carbocycles. The van der Waals surface area contributed by atoms with Gasteiger partial charge in [0.15, 0.2) is 0 Å². The van der Waals surface area contributed by atoms with E-state index in [2.05, 4.69) is 11.9 Å². The minimum atomic E-state index is 0.162. The molecule has 0 aromatic carbocycles. The largest absolute Gasteiger partial charge is 0.428 e. The number of hydrogen-bond donors (Lipinski definition) is 1. The van der Waals surface area contributed by atoms with Crippen LogP contribution in [-0.2, 0) is 5.41 Å². The molecule has 0 amide bonds. The predicted molar refractivity (Wildman–Crippen MR) is 50.2 cm³/mol. The molecule has 0 radical (unpaired) electrons. The molecule has 1 saturated heterocycles. The maximum atomic E-state index is 5.42. The molecule has 0 spiro atoms. The molecule has 0 saturated carbocycles. The number of aromatic nitrogens is 1. The monoisotopic (exact) mass is 184 g/mol. The number of nitrogens with two attached hydrogens (primary N) is 1. The average Bonchev–Trinajstić information content (AvgIpc) is 2.59. The molecule has 3 nitrogen and oxygen atoms in total. The first-order valence-corrected chi connectivity index (χ1v) is 5.16. The maximum Gasteiger partial charge on any atom is 0.292 e. The zero-order chi connectivity index (χ0) is 8.60. The van der Waals surface area contributed by atoms with Crippen molar-refractivity contribution >= 4 is 17.8 Å². The quantitative estimate of drug-likeness (QED) is 0.721. The van der Waals surface area contributed by atoms with Gasteiger partial charge in [0, 0.05) is 11.2 Å². The Kier molecular flexibility index (Phi) is 1.79. The van der Waals surface area contributed by atoms with Crippen LogP contribution in [-0.4, -0.2) is 16.5 Å². The van der Waals surface area contributed by atoms with Crippen LogP contribution in [0.3, 0.4) is 0 Å². The molecule has 0 bridgehead atoms. The van der Waals surface area contributed by atoms with Crippen LogP contribution in [0.4, 0.5) is 6.01 Å². The second kappa shape index (κ2) is 2.69. The minimum absolute atomic E-state index is 0.162. The Hall–Kier alpha value is -0.640. The van der Waals surface area contributed by atoms with Crippen LogP contribution in [0, 0.1) is 0 Å². The third-order valence-electron chi connectivity index (χ3n) is 2.34. The Bertz CT molecular complexity index is 278. The highest BCUT2D eigenvalue weighted by molar-refractivity contribution is 7.99. The molecule has 2 N–H and O–H groups in total. The van der Waals surface area contributed by atoms with Crippen LogP contribution in [0.1, 0.15) is 19.1 Å². The molecule has 1 aromatic heterocycles. The number of rotatable bonds is 1. The van der Waals surface area contributed by atoms with Crippen LogP contribution in [0.15, 0.2) is 10.6 Å². The molecule has 1 atom stereocenters. The Labute approximate surface area is 75.7 Å². The first kappa shape index (κ1) is 7.98. The summed E-state index contributed by atoms with van der Waals surface area (Å²) in [5.74, 6) is 3.25. The van der Waals surface area contributed by atoms with Crippen molar-refractivity contribution in [3.05, 3.63) is 12.0 Å². The zero-order valence-corrected chi connectivity index (χ0v) is 7.86. The lowest BCUT2D eigenvalue weighted by Gasteiger charge is -2.17. The van der Waals surface area contributed by atoms with Crippen molar-refractivity contribution in [3.8, 4) is 0 Å². The van der Waals surface area contributed by atoms with E-state index in [1.807, 2.05) is 11.8 Å². The van der Waals surface area contributed by atoms with Crippen molar-refractivity contribution < 1.29 is 4.42 Å². The SMILES string of the molecule is CC1(c2cnc(N)o2)CCSC1. The molecule has 1 fully saturated rings. The minimum Gasteiger partial charge on any atom is -0.428 e. The number of anilines is 1. The van der Waals surface area contributed by atoms with Crippen molar-refractivity contribution in [1.29, 1.82) is 0 Å². The standard InChI is InChI=1S/C8H12N2OS/c1-8(2-3-12-5-8)6-4-10-7(9)11-6/h4H,2-3,5H2,1H3,(H2,9,10). The Morgan fingerprint density at radius 1 is 1.75 bits per heavy atom. The van der Waals surface area contributed by atoms with Crippen molar-refractivity contribution in [2.75, 3.05) is 17.2 Å². The second-order valence-electron chi connectivity index (χ2n) is 3.43. The van der Waals surface area contributed by atoms with Gasteiger partial charge in [-0.1, -0.05) is 6.92 Å². The van der Waals surface area contributed by atoms with Gasteiger partial charge in [-0.25, -0.2) is 4.98 Å². The van der Waals surface area contributed by atoms with E-state index in [1.54, 1.807) is 6.20 Å². The fourth-order valence-corrected chi connectivity index (χ4v) is 2.90. The van der Waals surface area contributed by atoms with E-state index < -0.39 is 0 Å². The van der Waals surface area contributed by atoms with E-state index in [0.29, 0.717) is 0 Å². The summed E-state index contributed by atoms with van der Waals surface area (Å²) in [7, 11) is 0. The van der Waals surface area contributed by atoms with Gasteiger partial charge >= 0.3 is 0 Å².